The lowest BCUT2D eigenvalue weighted by molar-refractivity contribution is 0.339. The van der Waals surface area contributed by atoms with Crippen molar-refractivity contribution >= 4 is 0 Å². The number of allylic oxidation sites excluding steroid dienone is 1. The zero-order chi connectivity index (χ0) is 13.2. The lowest BCUT2D eigenvalue weighted by Gasteiger charge is -2.13. The second-order valence-electron chi connectivity index (χ2n) is 4.54. The molecular formula is C16H25NO. The summed E-state index contributed by atoms with van der Waals surface area (Å²) in [4.78, 5) is 0. The molecule has 0 bridgehead atoms. The first-order valence-electron chi connectivity index (χ1n) is 6.87. The van der Waals surface area contributed by atoms with Crippen LogP contribution in [0.3, 0.4) is 0 Å². The van der Waals surface area contributed by atoms with Gasteiger partial charge in [0.15, 0.2) is 0 Å². The van der Waals surface area contributed by atoms with Crippen LogP contribution < -0.4 is 10.5 Å². The molecule has 0 saturated heterocycles. The lowest BCUT2D eigenvalue weighted by atomic mass is 10.0. The first kappa shape index (κ1) is 14.8. The number of benzene rings is 1. The van der Waals surface area contributed by atoms with E-state index in [4.69, 9.17) is 10.5 Å². The monoisotopic (exact) mass is 247 g/mol. The molecule has 1 aromatic carbocycles. The molecule has 0 aliphatic carbocycles. The zero-order valence-electron chi connectivity index (χ0n) is 11.4. The highest BCUT2D eigenvalue weighted by Gasteiger charge is 2.06. The SMILES string of the molecule is C=CCCCCCC(N)c1cccc(OCC)c1. The second kappa shape index (κ2) is 8.76. The van der Waals surface area contributed by atoms with Crippen molar-refractivity contribution < 1.29 is 4.74 Å². The largest absolute Gasteiger partial charge is 0.494 e. The van der Waals surface area contributed by atoms with Gasteiger partial charge < -0.3 is 10.5 Å². The van der Waals surface area contributed by atoms with E-state index < -0.39 is 0 Å². The Morgan fingerprint density at radius 1 is 1.33 bits per heavy atom. The summed E-state index contributed by atoms with van der Waals surface area (Å²) >= 11 is 0. The molecule has 0 aromatic heterocycles. The van der Waals surface area contributed by atoms with Crippen LogP contribution in [0.5, 0.6) is 5.75 Å². The molecule has 2 heteroatoms. The molecular weight excluding hydrogens is 222 g/mol. The molecule has 0 aliphatic rings. The highest BCUT2D eigenvalue weighted by molar-refractivity contribution is 5.30. The van der Waals surface area contributed by atoms with Crippen molar-refractivity contribution in [1.29, 1.82) is 0 Å². The van der Waals surface area contributed by atoms with Crippen LogP contribution in [-0.4, -0.2) is 6.61 Å². The number of rotatable bonds is 9. The lowest BCUT2D eigenvalue weighted by Crippen LogP contribution is -2.10. The Labute approximate surface area is 111 Å². The third-order valence-electron chi connectivity index (χ3n) is 3.02. The van der Waals surface area contributed by atoms with Crippen LogP contribution in [0.15, 0.2) is 36.9 Å². The van der Waals surface area contributed by atoms with Gasteiger partial charge >= 0.3 is 0 Å². The molecule has 0 radical (unpaired) electrons. The van der Waals surface area contributed by atoms with Gasteiger partial charge in [-0.1, -0.05) is 31.1 Å². The van der Waals surface area contributed by atoms with E-state index in [1.54, 1.807) is 0 Å². The Morgan fingerprint density at radius 2 is 2.17 bits per heavy atom. The van der Waals surface area contributed by atoms with Gasteiger partial charge in [0, 0.05) is 6.04 Å². The summed E-state index contributed by atoms with van der Waals surface area (Å²) in [5, 5.41) is 0. The predicted octanol–water partition coefficient (Wildman–Crippen LogP) is 4.22. The van der Waals surface area contributed by atoms with Crippen LogP contribution >= 0.6 is 0 Å². The molecule has 1 unspecified atom stereocenters. The average Bonchev–Trinajstić information content (AvgIpc) is 2.39. The molecule has 1 atom stereocenters. The van der Waals surface area contributed by atoms with Crippen molar-refractivity contribution in [2.24, 2.45) is 5.73 Å². The van der Waals surface area contributed by atoms with Gasteiger partial charge in [-0.05, 0) is 43.9 Å². The van der Waals surface area contributed by atoms with E-state index in [-0.39, 0.29) is 6.04 Å². The van der Waals surface area contributed by atoms with Crippen molar-refractivity contribution in [2.75, 3.05) is 6.61 Å². The number of hydrogen-bond acceptors (Lipinski definition) is 2. The van der Waals surface area contributed by atoms with E-state index in [9.17, 15) is 0 Å². The topological polar surface area (TPSA) is 35.2 Å². The highest BCUT2D eigenvalue weighted by atomic mass is 16.5. The quantitative estimate of drug-likeness (QED) is 0.524. The van der Waals surface area contributed by atoms with Crippen LogP contribution in [0.1, 0.15) is 50.6 Å². The smallest absolute Gasteiger partial charge is 0.119 e. The molecule has 2 N–H and O–H groups in total. The van der Waals surface area contributed by atoms with Crippen LogP contribution in [-0.2, 0) is 0 Å². The van der Waals surface area contributed by atoms with E-state index in [2.05, 4.69) is 18.7 Å². The number of hydrogen-bond donors (Lipinski definition) is 1. The highest BCUT2D eigenvalue weighted by Crippen LogP contribution is 2.22. The summed E-state index contributed by atoms with van der Waals surface area (Å²) in [6.07, 6.45) is 7.74. The first-order valence-corrected chi connectivity index (χ1v) is 6.87. The van der Waals surface area contributed by atoms with E-state index in [0.29, 0.717) is 6.61 Å². The van der Waals surface area contributed by atoms with Crippen LogP contribution in [0.2, 0.25) is 0 Å². The molecule has 0 saturated carbocycles. The first-order chi connectivity index (χ1) is 8.77. The minimum Gasteiger partial charge on any atom is -0.494 e. The molecule has 1 aromatic rings. The second-order valence-corrected chi connectivity index (χ2v) is 4.54. The van der Waals surface area contributed by atoms with Crippen molar-refractivity contribution in [1.82, 2.24) is 0 Å². The van der Waals surface area contributed by atoms with Gasteiger partial charge in [0.05, 0.1) is 6.61 Å². The molecule has 0 heterocycles. The third kappa shape index (κ3) is 5.37. The minimum atomic E-state index is 0.120. The number of ether oxygens (including phenoxy) is 1. The molecule has 18 heavy (non-hydrogen) atoms. The van der Waals surface area contributed by atoms with Crippen molar-refractivity contribution in [3.8, 4) is 5.75 Å². The fourth-order valence-corrected chi connectivity index (χ4v) is 2.00. The van der Waals surface area contributed by atoms with Gasteiger partial charge in [0.2, 0.25) is 0 Å². The normalized spacial score (nSPS) is 12.1. The number of nitrogens with two attached hydrogens (primary N) is 1. The Balaban J connectivity index is 2.38. The molecule has 0 amide bonds. The minimum absolute atomic E-state index is 0.120. The maximum Gasteiger partial charge on any atom is 0.119 e. The Morgan fingerprint density at radius 3 is 2.89 bits per heavy atom. The Hall–Kier alpha value is -1.28. The van der Waals surface area contributed by atoms with E-state index in [0.717, 1.165) is 18.6 Å². The standard InChI is InChI=1S/C16H25NO/c1-3-5-6-7-8-12-16(17)14-10-9-11-15(13-14)18-4-2/h3,9-11,13,16H,1,4-8,12,17H2,2H3. The molecule has 0 aliphatic heterocycles. The average molecular weight is 247 g/mol. The van der Waals surface area contributed by atoms with E-state index in [1.807, 2.05) is 25.1 Å². The van der Waals surface area contributed by atoms with Gasteiger partial charge in [-0.3, -0.25) is 0 Å². The number of unbranched alkanes of at least 4 members (excludes halogenated alkanes) is 3. The Bertz CT molecular complexity index is 349. The van der Waals surface area contributed by atoms with Crippen LogP contribution in [0.4, 0.5) is 0 Å². The van der Waals surface area contributed by atoms with Gasteiger partial charge in [0.25, 0.3) is 0 Å². The van der Waals surface area contributed by atoms with Gasteiger partial charge in [-0.2, -0.15) is 0 Å². The summed E-state index contributed by atoms with van der Waals surface area (Å²) in [5.74, 6) is 0.914. The van der Waals surface area contributed by atoms with Gasteiger partial charge in [0.1, 0.15) is 5.75 Å². The molecule has 0 fully saturated rings. The Kier molecular flexibility index (Phi) is 7.19. The molecule has 0 spiro atoms. The van der Waals surface area contributed by atoms with Crippen molar-refractivity contribution in [2.45, 2.75) is 45.1 Å². The summed E-state index contributed by atoms with van der Waals surface area (Å²) in [5.41, 5.74) is 7.37. The zero-order valence-corrected chi connectivity index (χ0v) is 11.4. The van der Waals surface area contributed by atoms with E-state index >= 15 is 0 Å². The van der Waals surface area contributed by atoms with Gasteiger partial charge in [-0.15, -0.1) is 6.58 Å². The fraction of sp³-hybridized carbons (Fsp3) is 0.500. The predicted molar refractivity (Wildman–Crippen MR) is 77.8 cm³/mol. The summed E-state index contributed by atoms with van der Waals surface area (Å²) in [6, 6.07) is 8.24. The maximum absolute atomic E-state index is 6.20. The fourth-order valence-electron chi connectivity index (χ4n) is 2.00. The van der Waals surface area contributed by atoms with Crippen molar-refractivity contribution in [3.63, 3.8) is 0 Å². The van der Waals surface area contributed by atoms with Crippen LogP contribution in [0, 0.1) is 0 Å². The summed E-state index contributed by atoms with van der Waals surface area (Å²) in [6.45, 7) is 6.42. The van der Waals surface area contributed by atoms with Gasteiger partial charge in [-0.25, -0.2) is 0 Å². The maximum atomic E-state index is 6.20. The molecule has 2 nitrogen and oxygen atoms in total. The summed E-state index contributed by atoms with van der Waals surface area (Å²) < 4.78 is 5.49. The van der Waals surface area contributed by atoms with E-state index in [1.165, 1.54) is 24.8 Å². The van der Waals surface area contributed by atoms with Crippen molar-refractivity contribution in [3.05, 3.63) is 42.5 Å². The van der Waals surface area contributed by atoms with Crippen LogP contribution in [0.25, 0.3) is 0 Å². The molecule has 100 valence electrons. The molecule has 1 rings (SSSR count). The third-order valence-corrected chi connectivity index (χ3v) is 3.02. The summed E-state index contributed by atoms with van der Waals surface area (Å²) in [7, 11) is 0.